The first-order valence-corrected chi connectivity index (χ1v) is 26.2. The van der Waals surface area contributed by atoms with Crippen LogP contribution in [0.5, 0.6) is 0 Å². The van der Waals surface area contributed by atoms with E-state index in [2.05, 4.69) is 45.3 Å². The van der Waals surface area contributed by atoms with Crippen LogP contribution in [0.3, 0.4) is 0 Å². The number of aromatic carboxylic acids is 1. The minimum absolute atomic E-state index is 0.00214. The third kappa shape index (κ3) is 12.2. The average Bonchev–Trinajstić information content (AvgIpc) is 3.62. The molecule has 3 aromatic rings. The Balaban J connectivity index is 0.989. The summed E-state index contributed by atoms with van der Waals surface area (Å²) in [6.07, 6.45) is -1.75. The van der Waals surface area contributed by atoms with Gasteiger partial charge in [0.25, 0.3) is 11.5 Å². The minimum atomic E-state index is -1.42. The van der Waals surface area contributed by atoms with Crippen molar-refractivity contribution < 1.29 is 43.3 Å². The Labute approximate surface area is 375 Å². The van der Waals surface area contributed by atoms with Gasteiger partial charge in [-0.25, -0.2) is 14.0 Å². The third-order valence-corrected chi connectivity index (χ3v) is 12.8. The molecular formula is C41H45N6O11P3S2. The highest BCUT2D eigenvalue weighted by atomic mass is 33.1. The van der Waals surface area contributed by atoms with Crippen molar-refractivity contribution in [2.75, 3.05) is 57.7 Å². The van der Waals surface area contributed by atoms with Crippen LogP contribution < -0.4 is 41.8 Å². The second kappa shape index (κ2) is 21.9. The fraction of sp³-hybridized carbons (Fsp3) is 0.317. The van der Waals surface area contributed by atoms with E-state index in [-0.39, 0.29) is 42.0 Å². The lowest BCUT2D eigenvalue weighted by atomic mass is 9.89. The largest absolute Gasteiger partial charge is 0.545 e. The zero-order valence-corrected chi connectivity index (χ0v) is 39.4. The molecule has 3 aliphatic rings. The van der Waals surface area contributed by atoms with E-state index in [1.54, 1.807) is 12.1 Å². The first kappa shape index (κ1) is 47.9. The number of hydrogen-bond donors (Lipinski definition) is 4. The molecule has 2 aromatic carbocycles. The number of benzene rings is 3. The molecule has 2 aliphatic heterocycles. The Morgan fingerprint density at radius 1 is 1.06 bits per heavy atom. The van der Waals surface area contributed by atoms with Gasteiger partial charge in [0, 0.05) is 96.6 Å². The number of nitrogens with zero attached hydrogens (tertiary/aromatic N) is 3. The number of aromatic nitrogens is 2. The van der Waals surface area contributed by atoms with Crippen molar-refractivity contribution in [1.29, 1.82) is 0 Å². The molecule has 5 atom stereocenters. The number of hydrogen-bond acceptors (Lipinski definition) is 14. The summed E-state index contributed by atoms with van der Waals surface area (Å²) in [5, 5.41) is 30.0. The molecule has 1 aliphatic carbocycles. The number of aliphatic hydroxyl groups excluding tert-OH is 1. The van der Waals surface area contributed by atoms with Crippen LogP contribution in [0.4, 0.5) is 5.69 Å². The van der Waals surface area contributed by atoms with Gasteiger partial charge in [-0.2, -0.15) is 4.89 Å². The van der Waals surface area contributed by atoms with E-state index < -0.39 is 49.3 Å². The number of fused-ring (bicyclic) bond motifs is 2. The second-order valence-corrected chi connectivity index (χ2v) is 22.8. The molecule has 5 unspecified atom stereocenters. The molecule has 2 amide bonds. The Kier molecular flexibility index (Phi) is 16.6. The van der Waals surface area contributed by atoms with Crippen LogP contribution in [-0.4, -0.2) is 97.6 Å². The molecule has 22 heteroatoms. The fourth-order valence-corrected chi connectivity index (χ4v) is 8.86. The molecule has 1 fully saturated rings. The van der Waals surface area contributed by atoms with Crippen LogP contribution in [0, 0.1) is 11.8 Å². The maximum absolute atomic E-state index is 13.2. The number of carboxylic acid groups (broad SMARTS) is 1. The van der Waals surface area contributed by atoms with Crippen molar-refractivity contribution in [3.63, 3.8) is 0 Å². The molecule has 63 heavy (non-hydrogen) atoms. The van der Waals surface area contributed by atoms with Crippen LogP contribution >= 0.6 is 47.0 Å². The number of ether oxygens (including phenoxy) is 1. The van der Waals surface area contributed by atoms with Gasteiger partial charge in [0.2, 0.25) is 17.6 Å². The van der Waals surface area contributed by atoms with Crippen LogP contribution in [0.2, 0.25) is 0 Å². The number of H-pyrrole nitrogens is 1. The molecule has 0 bridgehead atoms. The van der Waals surface area contributed by atoms with Crippen LogP contribution in [0.25, 0.3) is 33.4 Å². The van der Waals surface area contributed by atoms with Gasteiger partial charge in [0.05, 0.1) is 18.6 Å². The SMILES string of the molecule is CN(C)c1ccc2c(-c3ccc(C(=O)NCCSSCCC(=O)NCC#Cc4cn(C5CC(O)C(OOP(P)P)O5)c(=O)[nH]c4=O)cc3C(=O)[O-])c3ccc(=[N+](C)C)cc-3oc2c1. The maximum Gasteiger partial charge on any atom is 0.330 e. The normalized spacial score (nSPS) is 15.9. The van der Waals surface area contributed by atoms with Gasteiger partial charge in [-0.1, -0.05) is 57.4 Å². The van der Waals surface area contributed by atoms with E-state index in [0.29, 0.717) is 51.5 Å². The van der Waals surface area contributed by atoms with E-state index in [4.69, 9.17) is 18.7 Å². The molecule has 1 saturated heterocycles. The van der Waals surface area contributed by atoms with Crippen molar-refractivity contribution >= 4 is 81.4 Å². The number of carbonyl (C=O) groups excluding carboxylic acids is 3. The Bertz CT molecular complexity index is 2750. The first-order chi connectivity index (χ1) is 30.1. The molecule has 3 heterocycles. The Morgan fingerprint density at radius 3 is 2.56 bits per heavy atom. The Hall–Kier alpha value is -4.59. The number of rotatable bonds is 16. The van der Waals surface area contributed by atoms with Crippen molar-refractivity contribution in [3.05, 3.63) is 104 Å². The number of carboxylic acids is 1. The van der Waals surface area contributed by atoms with E-state index in [1.165, 1.54) is 33.9 Å². The summed E-state index contributed by atoms with van der Waals surface area (Å²) in [4.78, 5) is 72.2. The van der Waals surface area contributed by atoms with Gasteiger partial charge < -0.3 is 39.7 Å². The molecule has 0 saturated carbocycles. The summed E-state index contributed by atoms with van der Waals surface area (Å²) < 4.78 is 20.0. The quantitative estimate of drug-likeness (QED) is 0.0164. The lowest BCUT2D eigenvalue weighted by Crippen LogP contribution is -2.33. The summed E-state index contributed by atoms with van der Waals surface area (Å²) in [5.41, 5.74) is 1.75. The number of aromatic amines is 1. The van der Waals surface area contributed by atoms with Gasteiger partial charge in [-0.15, -0.1) is 0 Å². The summed E-state index contributed by atoms with van der Waals surface area (Å²) in [6, 6.07) is 16.0. The predicted molar refractivity (Wildman–Crippen MR) is 250 cm³/mol. The summed E-state index contributed by atoms with van der Waals surface area (Å²) in [5.74, 6) is 4.78. The summed E-state index contributed by atoms with van der Waals surface area (Å²) in [6.45, 7) is 0.239. The smallest absolute Gasteiger partial charge is 0.330 e. The number of aliphatic hydroxyl groups is 1. The highest BCUT2D eigenvalue weighted by Gasteiger charge is 2.37. The number of carbonyl (C=O) groups is 3. The maximum atomic E-state index is 13.2. The summed E-state index contributed by atoms with van der Waals surface area (Å²) in [7, 11) is 14.3. The Morgan fingerprint density at radius 2 is 1.83 bits per heavy atom. The lowest BCUT2D eigenvalue weighted by molar-refractivity contribution is -0.326. The zero-order chi connectivity index (χ0) is 45.4. The standard InChI is InChI=1S/C41H45N6O11P3S2/c1-45(2)25-8-11-28-32(19-25)55-33-20-26(46(3)4)9-12-29(33)36(28)27-10-7-23(18-30(27)39(52)53)37(50)43-15-17-63-62-16-13-34(49)42-14-5-6-24-22-47(41(54)44-38(24)51)35-21-31(48)40(56-35)57-58-61(59)60/h7-12,18-20,22,31,35,40,48H,13-17,21,59-60H2,1-4H3,(H3-,42,43,44,49,50,51,52,53,54). The van der Waals surface area contributed by atoms with Gasteiger partial charge in [-0.3, -0.25) is 23.9 Å². The fourth-order valence-electron chi connectivity index (χ4n) is 6.48. The van der Waals surface area contributed by atoms with E-state index >= 15 is 0 Å². The third-order valence-electron chi connectivity index (χ3n) is 9.61. The van der Waals surface area contributed by atoms with Gasteiger partial charge in [-0.05, 0) is 35.9 Å². The van der Waals surface area contributed by atoms with Crippen LogP contribution in [0.1, 0.15) is 45.3 Å². The van der Waals surface area contributed by atoms with Gasteiger partial charge in [0.1, 0.15) is 50.9 Å². The average molecular weight is 955 g/mol. The zero-order valence-electron chi connectivity index (χ0n) is 34.5. The number of amides is 2. The first-order valence-electron chi connectivity index (χ1n) is 19.3. The molecule has 332 valence electrons. The van der Waals surface area contributed by atoms with Crippen molar-refractivity contribution in [3.8, 4) is 34.3 Å². The second-order valence-electron chi connectivity index (χ2n) is 14.4. The molecule has 17 nitrogen and oxygen atoms in total. The molecule has 6 rings (SSSR count). The minimum Gasteiger partial charge on any atom is -0.545 e. The van der Waals surface area contributed by atoms with Crippen molar-refractivity contribution in [1.82, 2.24) is 24.8 Å². The number of nitrogens with one attached hydrogen (secondary N) is 3. The highest BCUT2D eigenvalue weighted by Crippen LogP contribution is 2.54. The topological polar surface area (TPSA) is 220 Å². The van der Waals surface area contributed by atoms with Crippen molar-refractivity contribution in [2.24, 2.45) is 0 Å². The molecule has 4 N–H and O–H groups in total. The molecular weight excluding hydrogens is 910 g/mol. The molecule has 1 aromatic heterocycles. The van der Waals surface area contributed by atoms with Crippen LogP contribution in [0.15, 0.2) is 74.8 Å². The highest BCUT2D eigenvalue weighted by molar-refractivity contribution is 8.76. The van der Waals surface area contributed by atoms with Gasteiger partial charge in [0.15, 0.2) is 0 Å². The lowest BCUT2D eigenvalue weighted by Gasteiger charge is -2.20. The molecule has 0 radical (unpaired) electrons. The van der Waals surface area contributed by atoms with Crippen molar-refractivity contribution in [2.45, 2.75) is 31.5 Å². The predicted octanol–water partition coefficient (Wildman–Crippen LogP) is 2.72. The van der Waals surface area contributed by atoms with E-state index in [0.717, 1.165) is 15.6 Å². The summed E-state index contributed by atoms with van der Waals surface area (Å²) >= 11 is 0. The van der Waals surface area contributed by atoms with E-state index in [9.17, 15) is 34.2 Å². The van der Waals surface area contributed by atoms with Gasteiger partial charge >= 0.3 is 5.69 Å². The van der Waals surface area contributed by atoms with E-state index in [1.807, 2.05) is 74.1 Å². The number of anilines is 1. The van der Waals surface area contributed by atoms with Crippen LogP contribution in [-0.2, 0) is 19.1 Å². The molecule has 0 spiro atoms. The monoisotopic (exact) mass is 954 g/mol.